The first-order chi connectivity index (χ1) is 16.3. The minimum absolute atomic E-state index is 0.178. The molecule has 1 saturated heterocycles. The number of allylic oxidation sites excluding steroid dienone is 4. The number of piperidine rings is 1. The van der Waals surface area contributed by atoms with Crippen molar-refractivity contribution < 1.29 is 13.5 Å². The molecule has 0 atom stereocenters. The van der Waals surface area contributed by atoms with Gasteiger partial charge >= 0.3 is 0 Å². The molecule has 34 heavy (non-hydrogen) atoms. The van der Waals surface area contributed by atoms with Crippen molar-refractivity contribution >= 4 is 37.9 Å². The van der Waals surface area contributed by atoms with Crippen molar-refractivity contribution in [3.63, 3.8) is 0 Å². The van der Waals surface area contributed by atoms with Crippen LogP contribution < -0.4 is 21.5 Å². The van der Waals surface area contributed by atoms with Crippen LogP contribution in [0.3, 0.4) is 0 Å². The zero-order valence-electron chi connectivity index (χ0n) is 18.6. The topological polar surface area (TPSA) is 132 Å². The summed E-state index contributed by atoms with van der Waals surface area (Å²) in [5.74, 6) is -0.547. The third kappa shape index (κ3) is 4.72. The molecule has 1 aromatic heterocycles. The van der Waals surface area contributed by atoms with E-state index in [9.17, 15) is 13.5 Å². The first-order valence-corrected chi connectivity index (χ1v) is 12.3. The normalized spacial score (nSPS) is 18.6. The number of nitrogens with zero attached hydrogens (tertiary/aromatic N) is 2. The number of hydrogen-bond acceptors (Lipinski definition) is 6. The largest absolute Gasteiger partial charge is 0.393 e. The summed E-state index contributed by atoms with van der Waals surface area (Å²) in [7, 11) is -4.00. The Balaban J connectivity index is 1.90. The van der Waals surface area contributed by atoms with E-state index in [1.54, 1.807) is 12.3 Å². The number of sulfonamides is 1. The molecule has 1 aromatic carbocycles. The van der Waals surface area contributed by atoms with Crippen LogP contribution in [0.5, 0.6) is 0 Å². The van der Waals surface area contributed by atoms with Gasteiger partial charge in [-0.3, -0.25) is 10.4 Å². The van der Waals surface area contributed by atoms with Gasteiger partial charge in [0.1, 0.15) is 10.7 Å². The first-order valence-electron chi connectivity index (χ1n) is 10.9. The minimum atomic E-state index is -4.00. The van der Waals surface area contributed by atoms with E-state index in [-0.39, 0.29) is 18.0 Å². The fourth-order valence-electron chi connectivity index (χ4n) is 4.06. The number of rotatable bonds is 5. The monoisotopic (exact) mass is 477 g/mol. The summed E-state index contributed by atoms with van der Waals surface area (Å²) in [4.78, 5) is 4.17. The van der Waals surface area contributed by atoms with Crippen LogP contribution >= 0.6 is 0 Å². The van der Waals surface area contributed by atoms with Crippen LogP contribution in [0.25, 0.3) is 22.0 Å². The van der Waals surface area contributed by atoms with E-state index < -0.39 is 22.0 Å². The molecule has 0 saturated carbocycles. The van der Waals surface area contributed by atoms with Gasteiger partial charge in [-0.2, -0.15) is 4.31 Å². The lowest BCUT2D eigenvalue weighted by molar-refractivity contribution is 0.113. The van der Waals surface area contributed by atoms with Crippen LogP contribution in [0.4, 0.5) is 0 Å². The number of aliphatic hydroxyl groups excluding tert-OH is 1. The van der Waals surface area contributed by atoms with E-state index in [1.165, 1.54) is 10.4 Å². The Morgan fingerprint density at radius 1 is 1.24 bits per heavy atom. The predicted octanol–water partition coefficient (Wildman–Crippen LogP) is 0.959. The molecule has 2 aromatic rings. The fraction of sp³-hybridized carbons (Fsp3) is 0.200. The smallest absolute Gasteiger partial charge is 0.246 e. The van der Waals surface area contributed by atoms with E-state index in [1.807, 2.05) is 48.8 Å². The average molecular weight is 478 g/mol. The number of aromatic nitrogens is 1. The van der Waals surface area contributed by atoms with E-state index in [0.717, 1.165) is 26.9 Å². The van der Waals surface area contributed by atoms with Crippen LogP contribution in [-0.2, 0) is 10.0 Å². The van der Waals surface area contributed by atoms with Gasteiger partial charge in [-0.1, -0.05) is 18.7 Å². The first kappa shape index (κ1) is 23.6. The lowest BCUT2D eigenvalue weighted by Gasteiger charge is -2.29. The highest BCUT2D eigenvalue weighted by molar-refractivity contribution is 7.94. The number of hydrogen-bond donors (Lipinski definition) is 4. The summed E-state index contributed by atoms with van der Waals surface area (Å²) < 4.78 is 27.8. The number of pyridine rings is 1. The summed E-state index contributed by atoms with van der Waals surface area (Å²) in [6, 6.07) is 7.58. The molecule has 176 valence electrons. The fourth-order valence-corrected chi connectivity index (χ4v) is 5.58. The Hall–Kier alpha value is -3.53. The molecule has 5 N–H and O–H groups in total. The van der Waals surface area contributed by atoms with E-state index >= 15 is 0 Å². The number of nitrogens with two attached hydrogens (primary N) is 1. The second-order valence-corrected chi connectivity index (χ2v) is 10.0. The Morgan fingerprint density at radius 2 is 1.94 bits per heavy atom. The second-order valence-electron chi connectivity index (χ2n) is 8.10. The zero-order chi connectivity index (χ0) is 24.3. The maximum atomic E-state index is 13.3. The van der Waals surface area contributed by atoms with Crippen LogP contribution in [0.2, 0.25) is 0 Å². The number of amidine groups is 1. The number of fused-ring (bicyclic) bond motifs is 1. The highest BCUT2D eigenvalue weighted by atomic mass is 32.2. The van der Waals surface area contributed by atoms with Gasteiger partial charge in [-0.05, 0) is 70.9 Å². The number of nitrogens with one attached hydrogen (secondary N) is 2. The van der Waals surface area contributed by atoms with Gasteiger partial charge in [-0.25, -0.2) is 8.42 Å². The van der Waals surface area contributed by atoms with Crippen LogP contribution in [0.15, 0.2) is 78.7 Å². The highest BCUT2D eigenvalue weighted by Gasteiger charge is 2.31. The van der Waals surface area contributed by atoms with Crippen molar-refractivity contribution in [3.8, 4) is 0 Å². The van der Waals surface area contributed by atoms with Gasteiger partial charge in [0.15, 0.2) is 0 Å². The van der Waals surface area contributed by atoms with E-state index in [0.29, 0.717) is 18.4 Å². The molecule has 2 aliphatic heterocycles. The van der Waals surface area contributed by atoms with Gasteiger partial charge in [-0.15, -0.1) is 0 Å². The molecule has 0 unspecified atom stereocenters. The van der Waals surface area contributed by atoms with Crippen molar-refractivity contribution in [2.24, 2.45) is 5.73 Å². The second kappa shape index (κ2) is 9.76. The number of benzene rings is 1. The molecular formula is C25H27N5O3S. The molecule has 4 rings (SSSR count). The molecular weight excluding hydrogens is 450 g/mol. The van der Waals surface area contributed by atoms with Crippen molar-refractivity contribution in [2.75, 3.05) is 13.1 Å². The molecule has 0 amide bonds. The Morgan fingerprint density at radius 3 is 2.59 bits per heavy atom. The van der Waals surface area contributed by atoms with Crippen molar-refractivity contribution in [3.05, 3.63) is 89.1 Å². The van der Waals surface area contributed by atoms with Gasteiger partial charge in [0.25, 0.3) is 0 Å². The van der Waals surface area contributed by atoms with Crippen LogP contribution in [0.1, 0.15) is 12.8 Å². The number of aliphatic hydroxyl groups is 1. The van der Waals surface area contributed by atoms with Crippen molar-refractivity contribution in [1.29, 1.82) is 5.41 Å². The summed E-state index contributed by atoms with van der Waals surface area (Å²) in [6.45, 7) is 4.22. The summed E-state index contributed by atoms with van der Waals surface area (Å²) >= 11 is 0. The number of dihydropyridines is 1. The molecule has 0 radical (unpaired) electrons. The third-order valence-electron chi connectivity index (χ3n) is 5.92. The van der Waals surface area contributed by atoms with Crippen molar-refractivity contribution in [2.45, 2.75) is 18.9 Å². The third-order valence-corrected chi connectivity index (χ3v) is 7.86. The zero-order valence-corrected chi connectivity index (χ0v) is 19.4. The quantitative estimate of drug-likeness (QED) is 0.375. The Labute approximate surface area is 198 Å². The SMILES string of the molecule is C=CC(C=C(C(=N)N)S(=O)(=O)N1CCC(O)CC1)=c1ccc2nccc(=C3C=CNC=C3)c2c1. The van der Waals surface area contributed by atoms with Gasteiger partial charge in [0.2, 0.25) is 10.0 Å². The van der Waals surface area contributed by atoms with Gasteiger partial charge < -0.3 is 16.2 Å². The van der Waals surface area contributed by atoms with Crippen LogP contribution in [0, 0.1) is 5.41 Å². The van der Waals surface area contributed by atoms with E-state index in [2.05, 4.69) is 16.9 Å². The minimum Gasteiger partial charge on any atom is -0.393 e. The lowest BCUT2D eigenvalue weighted by Crippen LogP contribution is -2.42. The molecule has 8 nitrogen and oxygen atoms in total. The maximum absolute atomic E-state index is 13.3. The highest BCUT2D eigenvalue weighted by Crippen LogP contribution is 2.21. The van der Waals surface area contributed by atoms with Crippen LogP contribution in [-0.4, -0.2) is 47.8 Å². The standard InChI is InChI=1S/C25H27N5O3S/c1-2-17(16-24(25(26)27)34(32,33)30-13-8-20(31)9-14-30)19-3-4-23-22(15-19)21(7-12-29-23)18-5-10-28-11-6-18/h2-7,10-12,15-16,20,28,31H,1,8-9,13-14H2,(H3,26,27). The lowest BCUT2D eigenvalue weighted by atomic mass is 10.0. The average Bonchev–Trinajstić information content (AvgIpc) is 2.84. The molecule has 1 fully saturated rings. The molecule has 3 heterocycles. The maximum Gasteiger partial charge on any atom is 0.246 e. The van der Waals surface area contributed by atoms with Gasteiger partial charge in [0, 0.05) is 37.1 Å². The summed E-state index contributed by atoms with van der Waals surface area (Å²) in [5, 5.41) is 23.3. The molecule has 2 aliphatic rings. The van der Waals surface area contributed by atoms with E-state index in [4.69, 9.17) is 11.1 Å². The van der Waals surface area contributed by atoms with Gasteiger partial charge in [0.05, 0.1) is 11.6 Å². The molecule has 9 heteroatoms. The predicted molar refractivity (Wildman–Crippen MR) is 135 cm³/mol. The van der Waals surface area contributed by atoms with Crippen molar-refractivity contribution in [1.82, 2.24) is 14.6 Å². The molecule has 0 bridgehead atoms. The molecule has 0 spiro atoms. The Bertz CT molecular complexity index is 1450. The summed E-state index contributed by atoms with van der Waals surface area (Å²) in [5.41, 5.74) is 8.06. The molecule has 0 aliphatic carbocycles. The Kier molecular flexibility index (Phi) is 6.78. The summed E-state index contributed by atoms with van der Waals surface area (Å²) in [6.07, 6.45) is 12.5.